The first-order chi connectivity index (χ1) is 16.0. The van der Waals surface area contributed by atoms with Crippen molar-refractivity contribution in [3.8, 4) is 0 Å². The predicted molar refractivity (Wildman–Crippen MR) is 133 cm³/mol. The number of amides is 1. The van der Waals surface area contributed by atoms with E-state index in [-0.39, 0.29) is 17.9 Å². The van der Waals surface area contributed by atoms with Crippen LogP contribution in [-0.4, -0.2) is 21.2 Å². The molecule has 1 amide bonds. The Labute approximate surface area is 192 Å². The zero-order valence-electron chi connectivity index (χ0n) is 18.6. The number of benzene rings is 3. The van der Waals surface area contributed by atoms with E-state index in [9.17, 15) is 14.7 Å². The van der Waals surface area contributed by atoms with Gasteiger partial charge in [0.15, 0.2) is 0 Å². The van der Waals surface area contributed by atoms with Crippen molar-refractivity contribution < 1.29 is 9.90 Å². The Hall–Kier alpha value is -3.44. The molecular formula is C28H28N2O3. The Morgan fingerprint density at radius 1 is 0.879 bits per heavy atom. The van der Waals surface area contributed by atoms with E-state index in [1.807, 2.05) is 54.6 Å². The number of anilines is 1. The van der Waals surface area contributed by atoms with E-state index in [0.717, 1.165) is 48.4 Å². The molecule has 2 N–H and O–H groups in total. The van der Waals surface area contributed by atoms with E-state index < -0.39 is 5.60 Å². The molecule has 4 aromatic rings. The SMILES string of the molecule is O=C(Cc1cccc2ccccc12)Nc1cccc2c(=O)n(CC3(O)CCCCC3)ccc12. The van der Waals surface area contributed by atoms with Gasteiger partial charge in [-0.15, -0.1) is 0 Å². The lowest BCUT2D eigenvalue weighted by Crippen LogP contribution is -2.39. The van der Waals surface area contributed by atoms with E-state index >= 15 is 0 Å². The Bertz CT molecular complexity index is 1380. The quantitative estimate of drug-likeness (QED) is 0.457. The average Bonchev–Trinajstić information content (AvgIpc) is 2.82. The van der Waals surface area contributed by atoms with E-state index in [2.05, 4.69) is 5.32 Å². The van der Waals surface area contributed by atoms with Crippen LogP contribution in [0.5, 0.6) is 0 Å². The summed E-state index contributed by atoms with van der Waals surface area (Å²) < 4.78 is 1.61. The van der Waals surface area contributed by atoms with Gasteiger partial charge >= 0.3 is 0 Å². The molecule has 1 aromatic heterocycles. The molecule has 0 unspecified atom stereocenters. The van der Waals surface area contributed by atoms with Gasteiger partial charge in [-0.25, -0.2) is 0 Å². The van der Waals surface area contributed by atoms with Gasteiger partial charge in [0.05, 0.1) is 18.6 Å². The van der Waals surface area contributed by atoms with Crippen LogP contribution in [-0.2, 0) is 17.8 Å². The summed E-state index contributed by atoms with van der Waals surface area (Å²) in [6.07, 6.45) is 6.55. The molecule has 0 radical (unpaired) electrons. The summed E-state index contributed by atoms with van der Waals surface area (Å²) in [5.74, 6) is -0.125. The van der Waals surface area contributed by atoms with Gasteiger partial charge in [0, 0.05) is 22.7 Å². The number of rotatable bonds is 5. The van der Waals surface area contributed by atoms with Crippen LogP contribution in [0.1, 0.15) is 37.7 Å². The maximum atomic E-state index is 13.2. The first kappa shape index (κ1) is 21.4. The van der Waals surface area contributed by atoms with Gasteiger partial charge in [-0.1, -0.05) is 67.8 Å². The van der Waals surface area contributed by atoms with Crippen molar-refractivity contribution in [2.24, 2.45) is 0 Å². The molecule has 5 nitrogen and oxygen atoms in total. The van der Waals surface area contributed by atoms with Crippen LogP contribution in [0, 0.1) is 0 Å². The van der Waals surface area contributed by atoms with Gasteiger partial charge in [0.2, 0.25) is 5.91 Å². The maximum Gasteiger partial charge on any atom is 0.258 e. The Morgan fingerprint density at radius 3 is 2.45 bits per heavy atom. The highest BCUT2D eigenvalue weighted by Gasteiger charge is 2.30. The molecule has 1 aliphatic carbocycles. The summed E-state index contributed by atoms with van der Waals surface area (Å²) >= 11 is 0. The molecule has 168 valence electrons. The fraction of sp³-hybridized carbons (Fsp3) is 0.286. The molecule has 1 heterocycles. The Balaban J connectivity index is 1.40. The van der Waals surface area contributed by atoms with E-state index in [0.29, 0.717) is 23.0 Å². The van der Waals surface area contributed by atoms with Crippen molar-refractivity contribution in [3.63, 3.8) is 0 Å². The third kappa shape index (κ3) is 4.41. The topological polar surface area (TPSA) is 71.3 Å². The molecule has 5 rings (SSSR count). The van der Waals surface area contributed by atoms with Crippen molar-refractivity contribution in [1.82, 2.24) is 4.57 Å². The molecule has 0 atom stereocenters. The summed E-state index contributed by atoms with van der Waals surface area (Å²) in [4.78, 5) is 26.1. The molecule has 1 aliphatic rings. The molecule has 0 aliphatic heterocycles. The van der Waals surface area contributed by atoms with Crippen molar-refractivity contribution in [2.75, 3.05) is 5.32 Å². The van der Waals surface area contributed by atoms with Gasteiger partial charge in [-0.3, -0.25) is 9.59 Å². The molecule has 3 aromatic carbocycles. The van der Waals surface area contributed by atoms with Crippen LogP contribution in [0.3, 0.4) is 0 Å². The van der Waals surface area contributed by atoms with Gasteiger partial charge < -0.3 is 15.0 Å². The minimum Gasteiger partial charge on any atom is -0.388 e. The standard InChI is InChI=1S/C28H28N2O3/c31-26(18-21-10-6-9-20-8-2-3-11-22(20)21)29-25-13-7-12-24-23(25)14-17-30(27(24)32)19-28(33)15-4-1-5-16-28/h2-3,6-14,17,33H,1,4-5,15-16,18-19H2,(H,29,31). The molecule has 5 heteroatoms. The van der Waals surface area contributed by atoms with Crippen LogP contribution in [0.4, 0.5) is 5.69 Å². The number of hydrogen-bond acceptors (Lipinski definition) is 3. The number of aromatic nitrogens is 1. The molecule has 0 spiro atoms. The molecule has 33 heavy (non-hydrogen) atoms. The molecule has 0 bridgehead atoms. The number of pyridine rings is 1. The van der Waals surface area contributed by atoms with Crippen LogP contribution in [0.2, 0.25) is 0 Å². The fourth-order valence-corrected chi connectivity index (χ4v) is 5.05. The number of carbonyl (C=O) groups excluding carboxylic acids is 1. The third-order valence-electron chi connectivity index (χ3n) is 6.77. The summed E-state index contributed by atoms with van der Waals surface area (Å²) in [7, 11) is 0. The summed E-state index contributed by atoms with van der Waals surface area (Å²) in [5.41, 5.74) is 0.629. The molecular weight excluding hydrogens is 412 g/mol. The average molecular weight is 441 g/mol. The molecule has 0 saturated heterocycles. The highest BCUT2D eigenvalue weighted by molar-refractivity contribution is 6.03. The van der Waals surface area contributed by atoms with E-state index in [1.165, 1.54) is 0 Å². The number of fused-ring (bicyclic) bond motifs is 2. The second-order valence-corrected chi connectivity index (χ2v) is 9.16. The van der Waals surface area contributed by atoms with Crippen LogP contribution < -0.4 is 10.9 Å². The zero-order valence-corrected chi connectivity index (χ0v) is 18.6. The smallest absolute Gasteiger partial charge is 0.258 e. The highest BCUT2D eigenvalue weighted by Crippen LogP contribution is 2.30. The lowest BCUT2D eigenvalue weighted by atomic mass is 9.85. The lowest BCUT2D eigenvalue weighted by molar-refractivity contribution is -0.115. The van der Waals surface area contributed by atoms with E-state index in [1.54, 1.807) is 22.9 Å². The number of carbonyl (C=O) groups is 1. The number of nitrogens with one attached hydrogen (secondary N) is 1. The van der Waals surface area contributed by atoms with Crippen molar-refractivity contribution in [1.29, 1.82) is 0 Å². The van der Waals surface area contributed by atoms with E-state index in [4.69, 9.17) is 0 Å². The maximum absolute atomic E-state index is 13.2. The normalized spacial score (nSPS) is 15.5. The van der Waals surface area contributed by atoms with Gasteiger partial charge in [0.1, 0.15) is 0 Å². The van der Waals surface area contributed by atoms with Gasteiger partial charge in [0.25, 0.3) is 5.56 Å². The monoisotopic (exact) mass is 440 g/mol. The molecule has 1 saturated carbocycles. The largest absolute Gasteiger partial charge is 0.388 e. The highest BCUT2D eigenvalue weighted by atomic mass is 16.3. The van der Waals surface area contributed by atoms with Crippen molar-refractivity contribution in [3.05, 3.63) is 88.8 Å². The second-order valence-electron chi connectivity index (χ2n) is 9.16. The first-order valence-corrected chi connectivity index (χ1v) is 11.6. The van der Waals surface area contributed by atoms with Crippen LogP contribution in [0.15, 0.2) is 77.7 Å². The Morgan fingerprint density at radius 2 is 1.61 bits per heavy atom. The number of aliphatic hydroxyl groups is 1. The fourth-order valence-electron chi connectivity index (χ4n) is 5.05. The summed E-state index contributed by atoms with van der Waals surface area (Å²) in [6, 6.07) is 21.2. The van der Waals surface area contributed by atoms with Gasteiger partial charge in [-0.05, 0) is 47.4 Å². The van der Waals surface area contributed by atoms with Crippen LogP contribution in [0.25, 0.3) is 21.5 Å². The number of hydrogen-bond donors (Lipinski definition) is 2. The Kier molecular flexibility index (Phi) is 5.73. The summed E-state index contributed by atoms with van der Waals surface area (Å²) in [6.45, 7) is 0.305. The predicted octanol–water partition coefficient (Wildman–Crippen LogP) is 5.03. The minimum absolute atomic E-state index is 0.125. The third-order valence-corrected chi connectivity index (χ3v) is 6.77. The molecule has 1 fully saturated rings. The number of nitrogens with zero attached hydrogens (tertiary/aromatic N) is 1. The summed E-state index contributed by atoms with van der Waals surface area (Å²) in [5, 5.41) is 17.3. The first-order valence-electron chi connectivity index (χ1n) is 11.6. The second kappa shape index (κ2) is 8.83. The van der Waals surface area contributed by atoms with Gasteiger partial charge in [-0.2, -0.15) is 0 Å². The lowest BCUT2D eigenvalue weighted by Gasteiger charge is -2.32. The minimum atomic E-state index is -0.819. The van der Waals surface area contributed by atoms with Crippen molar-refractivity contribution in [2.45, 2.75) is 50.7 Å². The van der Waals surface area contributed by atoms with Crippen LogP contribution >= 0.6 is 0 Å². The zero-order chi connectivity index (χ0) is 22.8. The van der Waals surface area contributed by atoms with Crippen molar-refractivity contribution >= 4 is 33.1 Å².